The van der Waals surface area contributed by atoms with Crippen molar-refractivity contribution in [3.05, 3.63) is 0 Å². The second kappa shape index (κ2) is 11.7. The predicted molar refractivity (Wildman–Crippen MR) is 70.4 cm³/mol. The van der Waals surface area contributed by atoms with Crippen LogP contribution in [-0.2, 0) is 4.74 Å². The van der Waals surface area contributed by atoms with Crippen LogP contribution in [0.2, 0.25) is 0 Å². The third-order valence-corrected chi connectivity index (χ3v) is 3.18. The molecule has 0 saturated carbocycles. The number of carbonyl (C=O) groups is 1. The first kappa shape index (κ1) is 16.3. The Hall–Kier alpha value is -0.730. The molecule has 0 aliphatic rings. The number of rotatable bonds is 11. The molecule has 0 saturated heterocycles. The lowest BCUT2D eigenvalue weighted by molar-refractivity contribution is 0.0850. The Balaban J connectivity index is 3.67. The lowest BCUT2D eigenvalue weighted by atomic mass is 9.92. The molecule has 1 unspecified atom stereocenters. The van der Waals surface area contributed by atoms with Crippen LogP contribution >= 0.6 is 0 Å². The fourth-order valence-corrected chi connectivity index (χ4v) is 2.10. The first-order valence-corrected chi connectivity index (χ1v) is 7.06. The van der Waals surface area contributed by atoms with Gasteiger partial charge in [-0.3, -0.25) is 0 Å². The van der Waals surface area contributed by atoms with E-state index < -0.39 is 6.16 Å². The van der Waals surface area contributed by atoms with Gasteiger partial charge in [0.05, 0.1) is 6.61 Å². The zero-order chi connectivity index (χ0) is 12.9. The van der Waals surface area contributed by atoms with Gasteiger partial charge in [0.25, 0.3) is 0 Å². The van der Waals surface area contributed by atoms with Gasteiger partial charge < -0.3 is 9.84 Å². The molecular weight excluding hydrogens is 216 g/mol. The van der Waals surface area contributed by atoms with E-state index in [2.05, 4.69) is 18.6 Å². The molecule has 0 aromatic carbocycles. The van der Waals surface area contributed by atoms with E-state index in [1.807, 2.05) is 0 Å². The van der Waals surface area contributed by atoms with Crippen molar-refractivity contribution in [3.63, 3.8) is 0 Å². The summed E-state index contributed by atoms with van der Waals surface area (Å²) < 4.78 is 4.60. The Morgan fingerprint density at radius 1 is 1.00 bits per heavy atom. The van der Waals surface area contributed by atoms with Crippen molar-refractivity contribution in [1.29, 1.82) is 0 Å². The Morgan fingerprint density at radius 3 is 2.24 bits per heavy atom. The summed E-state index contributed by atoms with van der Waals surface area (Å²) in [6.07, 6.45) is 9.79. The third kappa shape index (κ3) is 11.5. The van der Waals surface area contributed by atoms with Crippen LogP contribution in [0.25, 0.3) is 0 Å². The summed E-state index contributed by atoms with van der Waals surface area (Å²) in [5.74, 6) is 0.645. The summed E-state index contributed by atoms with van der Waals surface area (Å²) in [5, 5.41) is 8.43. The monoisotopic (exact) mass is 244 g/mol. The van der Waals surface area contributed by atoms with Crippen molar-refractivity contribution in [2.45, 2.75) is 71.6 Å². The van der Waals surface area contributed by atoms with Gasteiger partial charge in [0, 0.05) is 0 Å². The molecule has 0 bridgehead atoms. The highest BCUT2D eigenvalue weighted by molar-refractivity contribution is 5.56. The van der Waals surface area contributed by atoms with Crippen LogP contribution in [-0.4, -0.2) is 17.9 Å². The molecule has 0 radical (unpaired) electrons. The molecule has 0 spiro atoms. The van der Waals surface area contributed by atoms with Crippen LogP contribution in [0.4, 0.5) is 4.79 Å². The van der Waals surface area contributed by atoms with Crippen molar-refractivity contribution in [2.75, 3.05) is 6.61 Å². The molecule has 0 rings (SSSR count). The lowest BCUT2D eigenvalue weighted by Gasteiger charge is -2.15. The van der Waals surface area contributed by atoms with Crippen LogP contribution in [0.15, 0.2) is 0 Å². The molecular formula is C14H28O3. The first-order chi connectivity index (χ1) is 8.20. The molecule has 0 fully saturated rings. The van der Waals surface area contributed by atoms with Gasteiger partial charge in [-0.1, -0.05) is 65.2 Å². The lowest BCUT2D eigenvalue weighted by Crippen LogP contribution is -2.08. The van der Waals surface area contributed by atoms with E-state index in [1.54, 1.807) is 0 Å². The largest absolute Gasteiger partial charge is 0.505 e. The fraction of sp³-hybridized carbons (Fsp3) is 0.929. The van der Waals surface area contributed by atoms with Crippen LogP contribution in [0, 0.1) is 5.92 Å². The molecule has 0 amide bonds. The first-order valence-electron chi connectivity index (χ1n) is 7.06. The van der Waals surface area contributed by atoms with Gasteiger partial charge in [0.1, 0.15) is 0 Å². The van der Waals surface area contributed by atoms with Crippen LogP contribution in [0.5, 0.6) is 0 Å². The van der Waals surface area contributed by atoms with Gasteiger partial charge in [-0.15, -0.1) is 0 Å². The SMILES string of the molecule is CCCCCCC(CCCC)CCOC(=O)O. The van der Waals surface area contributed by atoms with E-state index in [4.69, 9.17) is 5.11 Å². The summed E-state index contributed by atoms with van der Waals surface area (Å²) in [5.41, 5.74) is 0. The van der Waals surface area contributed by atoms with Crippen molar-refractivity contribution in [1.82, 2.24) is 0 Å². The summed E-state index contributed by atoms with van der Waals surface area (Å²) >= 11 is 0. The normalized spacial score (nSPS) is 12.4. The number of carboxylic acid groups (broad SMARTS) is 1. The van der Waals surface area contributed by atoms with Gasteiger partial charge in [-0.25, -0.2) is 4.79 Å². The molecule has 17 heavy (non-hydrogen) atoms. The number of hydrogen-bond donors (Lipinski definition) is 1. The quantitative estimate of drug-likeness (QED) is 0.417. The maximum atomic E-state index is 10.3. The topological polar surface area (TPSA) is 46.5 Å². The average molecular weight is 244 g/mol. The highest BCUT2D eigenvalue weighted by atomic mass is 16.7. The molecule has 0 aliphatic carbocycles. The number of ether oxygens (including phenoxy) is 1. The van der Waals surface area contributed by atoms with E-state index in [0.29, 0.717) is 12.5 Å². The van der Waals surface area contributed by atoms with Gasteiger partial charge >= 0.3 is 6.16 Å². The molecule has 3 heteroatoms. The fourth-order valence-electron chi connectivity index (χ4n) is 2.10. The Labute approximate surface area is 106 Å². The summed E-state index contributed by atoms with van der Waals surface area (Å²) in [7, 11) is 0. The second-order valence-corrected chi connectivity index (χ2v) is 4.76. The highest BCUT2D eigenvalue weighted by Gasteiger charge is 2.09. The molecule has 0 aromatic rings. The van der Waals surface area contributed by atoms with E-state index >= 15 is 0 Å². The predicted octanol–water partition coefficient (Wildman–Crippen LogP) is 4.85. The van der Waals surface area contributed by atoms with Gasteiger partial charge in [-0.2, -0.15) is 0 Å². The summed E-state index contributed by atoms with van der Waals surface area (Å²) in [4.78, 5) is 10.3. The maximum Gasteiger partial charge on any atom is 0.505 e. The Kier molecular flexibility index (Phi) is 11.2. The smallest absolute Gasteiger partial charge is 0.450 e. The molecule has 0 aromatic heterocycles. The van der Waals surface area contributed by atoms with E-state index in [0.717, 1.165) is 6.42 Å². The molecule has 0 aliphatic heterocycles. The second-order valence-electron chi connectivity index (χ2n) is 4.76. The van der Waals surface area contributed by atoms with Crippen molar-refractivity contribution < 1.29 is 14.6 Å². The molecule has 1 N–H and O–H groups in total. The number of hydrogen-bond acceptors (Lipinski definition) is 2. The average Bonchev–Trinajstić information content (AvgIpc) is 2.30. The van der Waals surface area contributed by atoms with Crippen molar-refractivity contribution >= 4 is 6.16 Å². The third-order valence-electron chi connectivity index (χ3n) is 3.18. The van der Waals surface area contributed by atoms with Gasteiger partial charge in [0.2, 0.25) is 0 Å². The minimum atomic E-state index is -1.15. The van der Waals surface area contributed by atoms with Crippen LogP contribution < -0.4 is 0 Å². The zero-order valence-corrected chi connectivity index (χ0v) is 11.4. The highest BCUT2D eigenvalue weighted by Crippen LogP contribution is 2.20. The molecule has 3 nitrogen and oxygen atoms in total. The van der Waals surface area contributed by atoms with Crippen LogP contribution in [0.1, 0.15) is 71.6 Å². The maximum absolute atomic E-state index is 10.3. The molecule has 1 atom stereocenters. The molecule has 102 valence electrons. The van der Waals surface area contributed by atoms with Crippen LogP contribution in [0.3, 0.4) is 0 Å². The number of unbranched alkanes of at least 4 members (excludes halogenated alkanes) is 4. The van der Waals surface area contributed by atoms with E-state index in [1.165, 1.54) is 51.4 Å². The van der Waals surface area contributed by atoms with E-state index in [9.17, 15) is 4.79 Å². The zero-order valence-electron chi connectivity index (χ0n) is 11.4. The van der Waals surface area contributed by atoms with E-state index in [-0.39, 0.29) is 0 Å². The minimum Gasteiger partial charge on any atom is -0.450 e. The standard InChI is InChI=1S/C14H28O3/c1-3-5-7-8-10-13(9-6-4-2)11-12-17-14(15)16/h13H,3-12H2,1-2H3,(H,15,16). The minimum absolute atomic E-state index is 0.359. The summed E-state index contributed by atoms with van der Waals surface area (Å²) in [6.45, 7) is 4.77. The molecule has 0 heterocycles. The Morgan fingerprint density at radius 2 is 1.65 bits per heavy atom. The summed E-state index contributed by atoms with van der Waals surface area (Å²) in [6, 6.07) is 0. The Bertz CT molecular complexity index is 180. The van der Waals surface area contributed by atoms with Gasteiger partial charge in [0.15, 0.2) is 0 Å². The van der Waals surface area contributed by atoms with Gasteiger partial charge in [-0.05, 0) is 12.3 Å². The van der Waals surface area contributed by atoms with Crippen molar-refractivity contribution in [2.24, 2.45) is 5.92 Å². The van der Waals surface area contributed by atoms with Crippen molar-refractivity contribution in [3.8, 4) is 0 Å².